The lowest BCUT2D eigenvalue weighted by Crippen LogP contribution is -2.43. The molecule has 1 fully saturated rings. The average Bonchev–Trinajstić information content (AvgIpc) is 2.40. The van der Waals surface area contributed by atoms with Crippen LogP contribution in [0, 0.1) is 0 Å². The molecular weight excluding hydrogens is 230 g/mol. The van der Waals surface area contributed by atoms with Crippen LogP contribution in [0.3, 0.4) is 0 Å². The molecule has 1 aliphatic heterocycles. The van der Waals surface area contributed by atoms with Crippen molar-refractivity contribution in [3.8, 4) is 0 Å². The van der Waals surface area contributed by atoms with Gasteiger partial charge >= 0.3 is 11.9 Å². The molecule has 6 heteroatoms. The summed E-state index contributed by atoms with van der Waals surface area (Å²) in [4.78, 5) is 22.1. The summed E-state index contributed by atoms with van der Waals surface area (Å²) < 4.78 is 4.27. The predicted molar refractivity (Wildman–Crippen MR) is 60.9 cm³/mol. The van der Waals surface area contributed by atoms with E-state index in [1.54, 1.807) is 6.92 Å². The zero-order chi connectivity index (χ0) is 12.3. The Morgan fingerprint density at radius 3 is 2.69 bits per heavy atom. The van der Waals surface area contributed by atoms with E-state index in [0.29, 0.717) is 11.6 Å². The van der Waals surface area contributed by atoms with Crippen molar-refractivity contribution in [3.63, 3.8) is 0 Å². The molecule has 0 aromatic carbocycles. The van der Waals surface area contributed by atoms with E-state index in [9.17, 15) is 9.59 Å². The second-order valence-electron chi connectivity index (χ2n) is 3.88. The molecule has 2 N–H and O–H groups in total. The molecule has 0 aromatic heterocycles. The Labute approximate surface area is 98.2 Å². The number of nitrogens with one attached hydrogen (secondary N) is 1. The lowest BCUT2D eigenvalue weighted by Gasteiger charge is -2.20. The van der Waals surface area contributed by atoms with Gasteiger partial charge < -0.3 is 15.2 Å². The third-order valence-corrected chi connectivity index (χ3v) is 3.35. The Bertz CT molecular complexity index is 338. The molecule has 0 bridgehead atoms. The quantitative estimate of drug-likeness (QED) is 0.570. The molecule has 1 atom stereocenters. The van der Waals surface area contributed by atoms with Crippen LogP contribution in [0.15, 0.2) is 11.1 Å². The monoisotopic (exact) mass is 245 g/mol. The van der Waals surface area contributed by atoms with Gasteiger partial charge in [0.05, 0.1) is 17.7 Å². The van der Waals surface area contributed by atoms with E-state index in [2.05, 4.69) is 5.32 Å². The summed E-state index contributed by atoms with van der Waals surface area (Å²) >= 11 is 1.33. The summed E-state index contributed by atoms with van der Waals surface area (Å²) in [5.74, 6) is -1.39. The Morgan fingerprint density at radius 1 is 1.62 bits per heavy atom. The number of esters is 1. The molecule has 0 aromatic rings. The summed E-state index contributed by atoms with van der Waals surface area (Å²) in [6, 6.07) is -0.696. The van der Waals surface area contributed by atoms with Gasteiger partial charge in [-0.1, -0.05) is 11.8 Å². The SMILES string of the molecule is CCOC(=O)/C=C1\N[C@@H](C(=O)O)C(C)(C)S1. The first-order valence-electron chi connectivity index (χ1n) is 4.93. The van der Waals surface area contributed by atoms with Crippen LogP contribution < -0.4 is 5.32 Å². The number of thioether (sulfide) groups is 1. The number of hydrogen-bond donors (Lipinski definition) is 2. The highest BCUT2D eigenvalue weighted by atomic mass is 32.2. The van der Waals surface area contributed by atoms with Crippen LogP contribution in [0.4, 0.5) is 0 Å². The van der Waals surface area contributed by atoms with Gasteiger partial charge in [0.15, 0.2) is 0 Å². The predicted octanol–water partition coefficient (Wildman–Crippen LogP) is 0.959. The first-order chi connectivity index (χ1) is 7.36. The minimum atomic E-state index is -0.926. The van der Waals surface area contributed by atoms with Crippen molar-refractivity contribution in [2.24, 2.45) is 0 Å². The maximum atomic E-state index is 11.2. The first kappa shape index (κ1) is 12.9. The Morgan fingerprint density at radius 2 is 2.25 bits per heavy atom. The van der Waals surface area contributed by atoms with Crippen molar-refractivity contribution < 1.29 is 19.4 Å². The van der Waals surface area contributed by atoms with Crippen LogP contribution >= 0.6 is 11.8 Å². The van der Waals surface area contributed by atoms with Gasteiger partial charge in [0.25, 0.3) is 0 Å². The van der Waals surface area contributed by atoms with Gasteiger partial charge in [-0.05, 0) is 20.8 Å². The molecule has 0 aliphatic carbocycles. The average molecular weight is 245 g/mol. The molecule has 1 heterocycles. The Balaban J connectivity index is 2.76. The molecule has 0 saturated carbocycles. The number of carbonyl (C=O) groups excluding carboxylic acids is 1. The molecule has 16 heavy (non-hydrogen) atoms. The van der Waals surface area contributed by atoms with Crippen molar-refractivity contribution in [3.05, 3.63) is 11.1 Å². The molecule has 0 unspecified atom stereocenters. The van der Waals surface area contributed by atoms with Crippen LogP contribution in [-0.4, -0.2) is 34.4 Å². The number of carbonyl (C=O) groups is 2. The van der Waals surface area contributed by atoms with Crippen molar-refractivity contribution in [2.75, 3.05) is 6.61 Å². The Kier molecular flexibility index (Phi) is 3.85. The topological polar surface area (TPSA) is 75.6 Å². The maximum absolute atomic E-state index is 11.2. The molecule has 90 valence electrons. The van der Waals surface area contributed by atoms with Gasteiger partial charge in [0, 0.05) is 4.75 Å². The van der Waals surface area contributed by atoms with Crippen molar-refractivity contribution >= 4 is 23.7 Å². The summed E-state index contributed by atoms with van der Waals surface area (Å²) in [5, 5.41) is 12.3. The number of rotatable bonds is 3. The highest BCUT2D eigenvalue weighted by Gasteiger charge is 2.43. The zero-order valence-electron chi connectivity index (χ0n) is 9.44. The third-order valence-electron chi connectivity index (χ3n) is 2.14. The fourth-order valence-corrected chi connectivity index (χ4v) is 2.59. The second-order valence-corrected chi connectivity index (χ2v) is 5.58. The smallest absolute Gasteiger partial charge is 0.333 e. The van der Waals surface area contributed by atoms with Crippen molar-refractivity contribution in [2.45, 2.75) is 31.6 Å². The molecule has 1 rings (SSSR count). The number of hydrogen-bond acceptors (Lipinski definition) is 5. The highest BCUT2D eigenvalue weighted by molar-refractivity contribution is 8.04. The standard InChI is InChI=1S/C10H15NO4S/c1-4-15-7(12)5-6-11-8(9(13)14)10(2,3)16-6/h5,8,11H,4H2,1-3H3,(H,13,14)/b6-5+/t8-/m0/s1. The molecule has 0 spiro atoms. The van der Waals surface area contributed by atoms with Crippen LogP contribution in [0.25, 0.3) is 0 Å². The molecule has 0 amide bonds. The van der Waals surface area contributed by atoms with Crippen molar-refractivity contribution in [1.29, 1.82) is 0 Å². The lowest BCUT2D eigenvalue weighted by atomic mass is 10.0. The largest absolute Gasteiger partial charge is 0.480 e. The van der Waals surface area contributed by atoms with Gasteiger partial charge in [-0.15, -0.1) is 0 Å². The maximum Gasteiger partial charge on any atom is 0.333 e. The second kappa shape index (κ2) is 4.78. The van der Waals surface area contributed by atoms with E-state index < -0.39 is 22.7 Å². The number of ether oxygens (including phenoxy) is 1. The zero-order valence-corrected chi connectivity index (χ0v) is 10.3. The summed E-state index contributed by atoms with van der Waals surface area (Å²) in [6.45, 7) is 5.65. The lowest BCUT2D eigenvalue weighted by molar-refractivity contribution is -0.140. The van der Waals surface area contributed by atoms with Gasteiger partial charge in [0.2, 0.25) is 0 Å². The van der Waals surface area contributed by atoms with Crippen molar-refractivity contribution in [1.82, 2.24) is 5.32 Å². The van der Waals surface area contributed by atoms with E-state index in [1.807, 2.05) is 13.8 Å². The first-order valence-corrected chi connectivity index (χ1v) is 5.75. The number of aliphatic carboxylic acids is 1. The van der Waals surface area contributed by atoms with Crippen LogP contribution in [0.2, 0.25) is 0 Å². The minimum Gasteiger partial charge on any atom is -0.480 e. The summed E-state index contributed by atoms with van der Waals surface area (Å²) in [6.07, 6.45) is 1.29. The van der Waals surface area contributed by atoms with E-state index in [0.717, 1.165) is 0 Å². The molecule has 1 saturated heterocycles. The van der Waals surface area contributed by atoms with Crippen LogP contribution in [0.1, 0.15) is 20.8 Å². The van der Waals surface area contributed by atoms with E-state index >= 15 is 0 Å². The summed E-state index contributed by atoms with van der Waals surface area (Å²) in [5.41, 5.74) is 0. The molecule has 5 nitrogen and oxygen atoms in total. The molecule has 1 aliphatic rings. The number of carboxylic acids is 1. The molecule has 0 radical (unpaired) electrons. The fourth-order valence-electron chi connectivity index (χ4n) is 1.41. The number of carboxylic acid groups (broad SMARTS) is 1. The van der Waals surface area contributed by atoms with E-state index in [-0.39, 0.29) is 0 Å². The van der Waals surface area contributed by atoms with Gasteiger partial charge in [-0.25, -0.2) is 9.59 Å². The molecular formula is C10H15NO4S. The van der Waals surface area contributed by atoms with Gasteiger partial charge in [-0.3, -0.25) is 0 Å². The van der Waals surface area contributed by atoms with Crippen LogP contribution in [-0.2, 0) is 14.3 Å². The van der Waals surface area contributed by atoms with E-state index in [4.69, 9.17) is 9.84 Å². The van der Waals surface area contributed by atoms with E-state index in [1.165, 1.54) is 17.8 Å². The Hall–Kier alpha value is -1.17. The summed E-state index contributed by atoms with van der Waals surface area (Å²) in [7, 11) is 0. The van der Waals surface area contributed by atoms with Gasteiger partial charge in [0.1, 0.15) is 6.04 Å². The third kappa shape index (κ3) is 2.91. The minimum absolute atomic E-state index is 0.305. The highest BCUT2D eigenvalue weighted by Crippen LogP contribution is 2.40. The van der Waals surface area contributed by atoms with Crippen LogP contribution in [0.5, 0.6) is 0 Å². The van der Waals surface area contributed by atoms with Gasteiger partial charge in [-0.2, -0.15) is 0 Å². The fraction of sp³-hybridized carbons (Fsp3) is 0.600. The normalized spacial score (nSPS) is 25.2.